The van der Waals surface area contributed by atoms with Gasteiger partial charge in [-0.3, -0.25) is 9.69 Å². The van der Waals surface area contributed by atoms with Crippen LogP contribution >= 0.6 is 23.2 Å². The van der Waals surface area contributed by atoms with E-state index < -0.39 is 5.97 Å². The summed E-state index contributed by atoms with van der Waals surface area (Å²) in [6.07, 6.45) is 5.15. The van der Waals surface area contributed by atoms with Crippen LogP contribution in [0.2, 0.25) is 10.0 Å². The van der Waals surface area contributed by atoms with Crippen LogP contribution < -0.4 is 4.74 Å². The standard InChI is InChI=1S/C21H23Cl2NO3.C3H6/c1-14(19-10-17(22)6-7-20(19)23)24-11-16(12-24)13-27-18-4-2-3-15(9-18)5-8-21(25)26;1-2-3-1/h2-4,6-7,9-10,14,16H,5,8,11-13H2,1H3,(H,25,26);1-3H2. The molecule has 1 atom stereocenters. The van der Waals surface area contributed by atoms with Crippen molar-refractivity contribution in [2.75, 3.05) is 19.7 Å². The minimum Gasteiger partial charge on any atom is -0.493 e. The molecule has 4 rings (SSSR count). The molecular weight excluding hydrogens is 421 g/mol. The summed E-state index contributed by atoms with van der Waals surface area (Å²) < 4.78 is 5.91. The van der Waals surface area contributed by atoms with E-state index in [1.165, 1.54) is 19.3 Å². The first kappa shape index (κ1) is 22.9. The second-order valence-corrected chi connectivity index (χ2v) is 8.92. The Bertz CT molecular complexity index is 847. The van der Waals surface area contributed by atoms with Gasteiger partial charge in [0, 0.05) is 41.5 Å². The minimum atomic E-state index is -0.787. The summed E-state index contributed by atoms with van der Waals surface area (Å²) in [7, 11) is 0. The van der Waals surface area contributed by atoms with E-state index in [0.717, 1.165) is 35.0 Å². The van der Waals surface area contributed by atoms with E-state index in [2.05, 4.69) is 11.8 Å². The van der Waals surface area contributed by atoms with E-state index in [-0.39, 0.29) is 12.5 Å². The number of carbonyl (C=O) groups is 1. The highest BCUT2D eigenvalue weighted by Crippen LogP contribution is 2.34. The van der Waals surface area contributed by atoms with Crippen LogP contribution in [0, 0.1) is 5.92 Å². The lowest BCUT2D eigenvalue weighted by Crippen LogP contribution is -2.50. The van der Waals surface area contributed by atoms with Crippen molar-refractivity contribution in [1.82, 2.24) is 4.90 Å². The topological polar surface area (TPSA) is 49.8 Å². The Kier molecular flexibility index (Phi) is 8.43. The Morgan fingerprint density at radius 2 is 1.90 bits per heavy atom. The lowest BCUT2D eigenvalue weighted by atomic mass is 9.96. The van der Waals surface area contributed by atoms with Gasteiger partial charge in [-0.2, -0.15) is 0 Å². The maximum atomic E-state index is 10.7. The number of carboxylic acid groups (broad SMARTS) is 1. The number of aliphatic carboxylic acids is 1. The third-order valence-electron chi connectivity index (χ3n) is 5.31. The molecule has 2 fully saturated rings. The van der Waals surface area contributed by atoms with Gasteiger partial charge < -0.3 is 9.84 Å². The van der Waals surface area contributed by atoms with Crippen molar-refractivity contribution in [3.8, 4) is 5.75 Å². The number of rotatable bonds is 8. The van der Waals surface area contributed by atoms with Gasteiger partial charge in [-0.05, 0) is 54.8 Å². The van der Waals surface area contributed by atoms with Crippen LogP contribution in [-0.2, 0) is 11.2 Å². The second-order valence-electron chi connectivity index (χ2n) is 8.07. The molecule has 0 bridgehead atoms. The van der Waals surface area contributed by atoms with Crippen LogP contribution in [0.1, 0.15) is 49.8 Å². The molecule has 2 aromatic carbocycles. The first-order valence-electron chi connectivity index (χ1n) is 10.5. The molecule has 6 heteroatoms. The third kappa shape index (κ3) is 7.19. The third-order valence-corrected chi connectivity index (χ3v) is 5.89. The van der Waals surface area contributed by atoms with Crippen LogP contribution in [-0.4, -0.2) is 35.7 Å². The highest BCUT2D eigenvalue weighted by Gasteiger charge is 2.32. The van der Waals surface area contributed by atoms with Crippen molar-refractivity contribution in [3.05, 3.63) is 63.6 Å². The highest BCUT2D eigenvalue weighted by atomic mass is 35.5. The van der Waals surface area contributed by atoms with Crippen LogP contribution in [0.3, 0.4) is 0 Å². The van der Waals surface area contributed by atoms with Gasteiger partial charge in [-0.15, -0.1) is 0 Å². The van der Waals surface area contributed by atoms with E-state index in [9.17, 15) is 4.79 Å². The molecule has 0 spiro atoms. The summed E-state index contributed by atoms with van der Waals surface area (Å²) in [5.74, 6) is 0.472. The summed E-state index contributed by atoms with van der Waals surface area (Å²) in [4.78, 5) is 13.1. The summed E-state index contributed by atoms with van der Waals surface area (Å²) in [6, 6.07) is 13.5. The summed E-state index contributed by atoms with van der Waals surface area (Å²) in [5, 5.41) is 10.2. The van der Waals surface area contributed by atoms with Crippen LogP contribution in [0.5, 0.6) is 5.75 Å². The molecule has 1 saturated heterocycles. The van der Waals surface area contributed by atoms with Crippen molar-refractivity contribution in [1.29, 1.82) is 0 Å². The fourth-order valence-electron chi connectivity index (χ4n) is 3.32. The number of benzene rings is 2. The monoisotopic (exact) mass is 449 g/mol. The zero-order chi connectivity index (χ0) is 21.5. The molecule has 1 aliphatic heterocycles. The van der Waals surface area contributed by atoms with Gasteiger partial charge in [0.15, 0.2) is 0 Å². The predicted octanol–water partition coefficient (Wildman–Crippen LogP) is 6.25. The molecule has 1 N–H and O–H groups in total. The van der Waals surface area contributed by atoms with Crippen molar-refractivity contribution in [3.63, 3.8) is 0 Å². The van der Waals surface area contributed by atoms with Crippen LogP contribution in [0.15, 0.2) is 42.5 Å². The Morgan fingerprint density at radius 1 is 1.17 bits per heavy atom. The summed E-state index contributed by atoms with van der Waals surface area (Å²) in [6.45, 7) is 4.68. The molecule has 162 valence electrons. The maximum absolute atomic E-state index is 10.7. The molecule has 0 aromatic heterocycles. The highest BCUT2D eigenvalue weighted by molar-refractivity contribution is 6.33. The van der Waals surface area contributed by atoms with Gasteiger partial charge in [0.1, 0.15) is 5.75 Å². The van der Waals surface area contributed by atoms with Gasteiger partial charge >= 0.3 is 5.97 Å². The molecule has 2 aromatic rings. The zero-order valence-electron chi connectivity index (χ0n) is 17.3. The molecule has 1 saturated carbocycles. The first-order valence-corrected chi connectivity index (χ1v) is 11.3. The number of hydrogen-bond donors (Lipinski definition) is 1. The number of ether oxygens (including phenoxy) is 1. The average molecular weight is 450 g/mol. The molecule has 0 radical (unpaired) electrons. The van der Waals surface area contributed by atoms with E-state index in [0.29, 0.717) is 24.0 Å². The summed E-state index contributed by atoms with van der Waals surface area (Å²) in [5.41, 5.74) is 2.03. The Hall–Kier alpha value is -1.75. The normalized spacial score (nSPS) is 16.8. The van der Waals surface area contributed by atoms with Gasteiger partial charge in [-0.1, -0.05) is 54.6 Å². The molecule has 2 aliphatic rings. The minimum absolute atomic E-state index is 0.130. The Morgan fingerprint density at radius 3 is 2.57 bits per heavy atom. The number of halogens is 2. The van der Waals surface area contributed by atoms with E-state index >= 15 is 0 Å². The van der Waals surface area contributed by atoms with Crippen molar-refractivity contribution < 1.29 is 14.6 Å². The van der Waals surface area contributed by atoms with E-state index in [1.54, 1.807) is 6.07 Å². The molecule has 30 heavy (non-hydrogen) atoms. The fraction of sp³-hybridized carbons (Fsp3) is 0.458. The second kappa shape index (κ2) is 11.0. The van der Waals surface area contributed by atoms with Gasteiger partial charge in [0.2, 0.25) is 0 Å². The maximum Gasteiger partial charge on any atom is 0.303 e. The predicted molar refractivity (Wildman–Crippen MR) is 122 cm³/mol. The van der Waals surface area contributed by atoms with Crippen LogP contribution in [0.25, 0.3) is 0 Å². The van der Waals surface area contributed by atoms with Crippen molar-refractivity contribution in [2.45, 2.75) is 45.1 Å². The molecule has 1 heterocycles. The van der Waals surface area contributed by atoms with Gasteiger partial charge in [-0.25, -0.2) is 0 Å². The lowest BCUT2D eigenvalue weighted by Gasteiger charge is -2.43. The number of hydrogen-bond acceptors (Lipinski definition) is 3. The molecule has 4 nitrogen and oxygen atoms in total. The van der Waals surface area contributed by atoms with E-state index in [4.69, 9.17) is 33.0 Å². The average Bonchev–Trinajstić information content (AvgIpc) is 3.56. The zero-order valence-corrected chi connectivity index (χ0v) is 18.8. The Balaban J connectivity index is 0.000000782. The molecule has 1 aliphatic carbocycles. The van der Waals surface area contributed by atoms with Crippen molar-refractivity contribution >= 4 is 29.2 Å². The number of likely N-dealkylation sites (tertiary alicyclic amines) is 1. The van der Waals surface area contributed by atoms with Crippen LogP contribution in [0.4, 0.5) is 0 Å². The SMILES string of the molecule is C1CC1.CC(c1cc(Cl)ccc1Cl)N1CC(COc2cccc(CCC(=O)O)c2)C1. The smallest absolute Gasteiger partial charge is 0.303 e. The van der Waals surface area contributed by atoms with Gasteiger partial charge in [0.25, 0.3) is 0 Å². The number of nitrogens with zero attached hydrogens (tertiary/aromatic N) is 1. The molecule has 0 amide bonds. The Labute approximate surface area is 188 Å². The summed E-state index contributed by atoms with van der Waals surface area (Å²) >= 11 is 12.4. The quantitative estimate of drug-likeness (QED) is 0.516. The molecular formula is C24H29Cl2NO3. The first-order chi connectivity index (χ1) is 14.4. The number of aryl methyl sites for hydroxylation is 1. The molecule has 1 unspecified atom stereocenters. The lowest BCUT2D eigenvalue weighted by molar-refractivity contribution is -0.136. The largest absolute Gasteiger partial charge is 0.493 e. The number of carboxylic acids is 1. The van der Waals surface area contributed by atoms with Gasteiger partial charge in [0.05, 0.1) is 6.61 Å². The van der Waals surface area contributed by atoms with E-state index in [1.807, 2.05) is 36.4 Å². The fourth-order valence-corrected chi connectivity index (χ4v) is 3.78. The van der Waals surface area contributed by atoms with Crippen molar-refractivity contribution in [2.24, 2.45) is 5.92 Å².